The Morgan fingerprint density at radius 3 is 2.95 bits per heavy atom. The highest BCUT2D eigenvalue weighted by atomic mass is 79.9. The number of sulfonamides is 1. The summed E-state index contributed by atoms with van der Waals surface area (Å²) in [6.07, 6.45) is 1.07. The molecule has 1 fully saturated rings. The van der Waals surface area contributed by atoms with Crippen LogP contribution in [0.3, 0.4) is 0 Å². The van der Waals surface area contributed by atoms with Gasteiger partial charge in [0.2, 0.25) is 10.0 Å². The smallest absolute Gasteiger partial charge is 0.245 e. The van der Waals surface area contributed by atoms with Crippen LogP contribution in [0.4, 0.5) is 0 Å². The number of halogens is 1. The minimum Gasteiger partial charge on any atom is -0.312 e. The zero-order valence-corrected chi connectivity index (χ0v) is 16.3. The van der Waals surface area contributed by atoms with Crippen LogP contribution in [0, 0.1) is 0 Å². The van der Waals surface area contributed by atoms with Crippen molar-refractivity contribution in [1.29, 1.82) is 0 Å². The summed E-state index contributed by atoms with van der Waals surface area (Å²) in [5.41, 5.74) is 0. The molecule has 21 heavy (non-hydrogen) atoms. The molecular formula is C13H21BrN2O2S3. The molecule has 0 amide bonds. The van der Waals surface area contributed by atoms with E-state index in [1.807, 2.05) is 11.8 Å². The molecule has 0 aromatic carbocycles. The maximum Gasteiger partial charge on any atom is 0.245 e. The number of hydrogen-bond acceptors (Lipinski definition) is 5. The van der Waals surface area contributed by atoms with Gasteiger partial charge in [-0.2, -0.15) is 16.1 Å². The summed E-state index contributed by atoms with van der Waals surface area (Å²) in [4.78, 5) is 1.47. The van der Waals surface area contributed by atoms with Gasteiger partial charge in [0.25, 0.3) is 0 Å². The number of rotatable bonds is 6. The van der Waals surface area contributed by atoms with E-state index in [4.69, 9.17) is 0 Å². The van der Waals surface area contributed by atoms with Crippen LogP contribution in [0.5, 0.6) is 0 Å². The number of nitrogens with zero attached hydrogens (tertiary/aromatic N) is 1. The third-order valence-electron chi connectivity index (χ3n) is 3.25. The van der Waals surface area contributed by atoms with Gasteiger partial charge in [-0.1, -0.05) is 13.8 Å². The average Bonchev–Trinajstić information content (AvgIpc) is 2.81. The molecule has 1 atom stereocenters. The Morgan fingerprint density at radius 2 is 2.29 bits per heavy atom. The minimum absolute atomic E-state index is 0.358. The molecule has 1 N–H and O–H groups in total. The van der Waals surface area contributed by atoms with Gasteiger partial charge in [0.15, 0.2) is 0 Å². The van der Waals surface area contributed by atoms with Gasteiger partial charge >= 0.3 is 0 Å². The van der Waals surface area contributed by atoms with Crippen molar-refractivity contribution in [3.05, 3.63) is 14.7 Å². The molecule has 2 rings (SSSR count). The van der Waals surface area contributed by atoms with Crippen molar-refractivity contribution >= 4 is 49.1 Å². The van der Waals surface area contributed by atoms with Crippen LogP contribution in [0.1, 0.15) is 25.1 Å². The molecule has 1 aromatic rings. The molecule has 1 saturated heterocycles. The fourth-order valence-corrected chi connectivity index (χ4v) is 7.55. The van der Waals surface area contributed by atoms with Crippen molar-refractivity contribution < 1.29 is 8.42 Å². The van der Waals surface area contributed by atoms with Crippen molar-refractivity contribution in [2.45, 2.75) is 37.0 Å². The van der Waals surface area contributed by atoms with Gasteiger partial charge in [-0.15, -0.1) is 11.3 Å². The molecule has 0 bridgehead atoms. The summed E-state index contributed by atoms with van der Waals surface area (Å²) in [5.74, 6) is 0.868. The van der Waals surface area contributed by atoms with Crippen molar-refractivity contribution in [2.75, 3.05) is 25.4 Å². The highest BCUT2D eigenvalue weighted by molar-refractivity contribution is 9.11. The van der Waals surface area contributed by atoms with Crippen LogP contribution in [0.25, 0.3) is 0 Å². The van der Waals surface area contributed by atoms with Gasteiger partial charge in [0.1, 0.15) is 4.90 Å². The Bertz CT molecular complexity index is 574. The second kappa shape index (κ2) is 7.79. The Morgan fingerprint density at radius 1 is 1.52 bits per heavy atom. The lowest BCUT2D eigenvalue weighted by molar-refractivity contribution is 0.424. The predicted molar refractivity (Wildman–Crippen MR) is 94.7 cm³/mol. The second-order valence-electron chi connectivity index (χ2n) is 5.07. The number of thiophene rings is 1. The summed E-state index contributed by atoms with van der Waals surface area (Å²) >= 11 is 6.75. The molecule has 0 spiro atoms. The normalized spacial score (nSPS) is 20.8. The minimum atomic E-state index is -3.38. The van der Waals surface area contributed by atoms with Crippen LogP contribution in [-0.2, 0) is 16.6 Å². The lowest BCUT2D eigenvalue weighted by Gasteiger charge is -2.29. The van der Waals surface area contributed by atoms with Crippen molar-refractivity contribution in [1.82, 2.24) is 9.62 Å². The van der Waals surface area contributed by atoms with Gasteiger partial charge in [0, 0.05) is 35.5 Å². The van der Waals surface area contributed by atoms with Crippen LogP contribution >= 0.6 is 39.0 Å². The third-order valence-corrected chi connectivity index (χ3v) is 8.51. The third kappa shape index (κ3) is 4.45. The van der Waals surface area contributed by atoms with Gasteiger partial charge in [-0.25, -0.2) is 8.42 Å². The van der Waals surface area contributed by atoms with E-state index in [2.05, 4.69) is 35.1 Å². The van der Waals surface area contributed by atoms with E-state index in [1.54, 1.807) is 10.4 Å². The number of hydrogen-bond donors (Lipinski definition) is 1. The first-order chi connectivity index (χ1) is 9.95. The molecule has 1 aromatic heterocycles. The van der Waals surface area contributed by atoms with E-state index in [0.29, 0.717) is 27.0 Å². The Labute approximate surface area is 143 Å². The van der Waals surface area contributed by atoms with E-state index in [1.165, 1.54) is 11.3 Å². The lowest BCUT2D eigenvalue weighted by atomic mass is 10.4. The maximum atomic E-state index is 12.8. The molecule has 0 aliphatic carbocycles. The monoisotopic (exact) mass is 412 g/mol. The zero-order valence-electron chi connectivity index (χ0n) is 12.3. The lowest BCUT2D eigenvalue weighted by Crippen LogP contribution is -2.40. The molecule has 1 unspecified atom stereocenters. The summed E-state index contributed by atoms with van der Waals surface area (Å²) in [6.45, 7) is 7.05. The highest BCUT2D eigenvalue weighted by Gasteiger charge is 2.31. The highest BCUT2D eigenvalue weighted by Crippen LogP contribution is 2.34. The second-order valence-corrected chi connectivity index (χ2v) is 11.0. The molecule has 1 aliphatic rings. The van der Waals surface area contributed by atoms with Crippen LogP contribution in [0.15, 0.2) is 14.7 Å². The van der Waals surface area contributed by atoms with E-state index in [0.717, 1.165) is 30.1 Å². The van der Waals surface area contributed by atoms with Crippen molar-refractivity contribution in [3.8, 4) is 0 Å². The standard InChI is InChI=1S/C13H21BrN2O2S3/c1-3-4-15-8-11-7-12(13(14)20-11)21(17,18)16-5-6-19-10(2)9-16/h7,10,15H,3-6,8-9H2,1-2H3. The molecule has 0 radical (unpaired) electrons. The Hall–Kier alpha value is 0.400. The fourth-order valence-electron chi connectivity index (χ4n) is 2.19. The SMILES string of the molecule is CCCNCc1cc(S(=O)(=O)N2CCSC(C)C2)c(Br)s1. The van der Waals surface area contributed by atoms with Crippen LogP contribution in [0.2, 0.25) is 0 Å². The van der Waals surface area contributed by atoms with Crippen molar-refractivity contribution in [2.24, 2.45) is 0 Å². The van der Waals surface area contributed by atoms with E-state index in [9.17, 15) is 8.42 Å². The molecule has 1 aliphatic heterocycles. The zero-order chi connectivity index (χ0) is 15.5. The van der Waals surface area contributed by atoms with Crippen LogP contribution < -0.4 is 5.32 Å². The summed E-state index contributed by atoms with van der Waals surface area (Å²) in [6, 6.07) is 1.80. The van der Waals surface area contributed by atoms with Crippen LogP contribution in [-0.4, -0.2) is 43.4 Å². The molecular weight excluding hydrogens is 392 g/mol. The Balaban J connectivity index is 2.15. The number of thioether (sulfide) groups is 1. The fraction of sp³-hybridized carbons (Fsp3) is 0.692. The molecule has 2 heterocycles. The van der Waals surface area contributed by atoms with Crippen molar-refractivity contribution in [3.63, 3.8) is 0 Å². The summed E-state index contributed by atoms with van der Waals surface area (Å²) in [5, 5.41) is 3.67. The quantitative estimate of drug-likeness (QED) is 0.728. The molecule has 0 saturated carbocycles. The van der Waals surface area contributed by atoms with Gasteiger partial charge in [-0.3, -0.25) is 0 Å². The first kappa shape index (κ1) is 17.7. The molecule has 8 heteroatoms. The number of nitrogens with one attached hydrogen (secondary N) is 1. The van der Waals surface area contributed by atoms with Gasteiger partial charge in [0.05, 0.1) is 3.79 Å². The maximum absolute atomic E-state index is 12.8. The van der Waals surface area contributed by atoms with Gasteiger partial charge < -0.3 is 5.32 Å². The topological polar surface area (TPSA) is 49.4 Å². The van der Waals surface area contributed by atoms with Gasteiger partial charge in [-0.05, 0) is 35.0 Å². The molecule has 4 nitrogen and oxygen atoms in total. The van der Waals surface area contributed by atoms with E-state index >= 15 is 0 Å². The first-order valence-corrected chi connectivity index (χ1v) is 11.2. The van der Waals surface area contributed by atoms with E-state index < -0.39 is 10.0 Å². The summed E-state index contributed by atoms with van der Waals surface area (Å²) < 4.78 is 27.9. The average molecular weight is 413 g/mol. The van der Waals surface area contributed by atoms with E-state index in [-0.39, 0.29) is 0 Å². The predicted octanol–water partition coefficient (Wildman–Crippen LogP) is 3.14. The largest absolute Gasteiger partial charge is 0.312 e. The Kier molecular flexibility index (Phi) is 6.58. The molecule has 120 valence electrons. The summed E-state index contributed by atoms with van der Waals surface area (Å²) in [7, 11) is -3.38. The first-order valence-electron chi connectivity index (χ1n) is 7.05.